The van der Waals surface area contributed by atoms with Gasteiger partial charge < -0.3 is 4.74 Å². The normalized spacial score (nSPS) is 12.8. The lowest BCUT2D eigenvalue weighted by atomic mass is 10.0. The number of carbonyl (C=O) groups is 2. The molecule has 20 heavy (non-hydrogen) atoms. The van der Waals surface area contributed by atoms with E-state index in [0.29, 0.717) is 12.8 Å². The summed E-state index contributed by atoms with van der Waals surface area (Å²) < 4.78 is 3.17. The quantitative estimate of drug-likeness (QED) is 0.437. The lowest BCUT2D eigenvalue weighted by Crippen LogP contribution is -2.38. The van der Waals surface area contributed by atoms with Crippen molar-refractivity contribution in [2.75, 3.05) is 0 Å². The van der Waals surface area contributed by atoms with Crippen molar-refractivity contribution in [1.82, 2.24) is 0 Å². The first kappa shape index (κ1) is 17.0. The zero-order valence-electron chi connectivity index (χ0n) is 11.6. The summed E-state index contributed by atoms with van der Waals surface area (Å²) in [6.45, 7) is 3.15. The minimum Gasteiger partial charge on any atom is -0.459 e. The highest BCUT2D eigenvalue weighted by atomic mass is 35.5. The van der Waals surface area contributed by atoms with E-state index in [1.54, 1.807) is 0 Å². The molecular formula is C15H18Cl2O3. The Labute approximate surface area is 129 Å². The molecule has 0 saturated heterocycles. The molecule has 0 amide bonds. The largest absolute Gasteiger partial charge is 0.459 e. The molecule has 1 atom stereocenters. The predicted molar refractivity (Wildman–Crippen MR) is 80.1 cm³/mol. The van der Waals surface area contributed by atoms with Crippen molar-refractivity contribution < 1.29 is 14.3 Å². The summed E-state index contributed by atoms with van der Waals surface area (Å²) in [5.74, 6) is -1.54. The van der Waals surface area contributed by atoms with Gasteiger partial charge in [0.15, 0.2) is 5.78 Å². The van der Waals surface area contributed by atoms with Crippen LogP contribution in [0.25, 0.3) is 0 Å². The van der Waals surface area contributed by atoms with Crippen molar-refractivity contribution in [2.24, 2.45) is 0 Å². The minimum atomic E-state index is -2.12. The Balaban J connectivity index is 2.73. The van der Waals surface area contributed by atoms with E-state index in [1.807, 2.05) is 37.3 Å². The second kappa shape index (κ2) is 7.65. The molecule has 0 saturated carbocycles. The standard InChI is InChI=1S/C15H18Cl2O3/c1-3-7-13(10-12-8-5-4-6-9-12)20-14(19)15(16,17)11(2)18/h4-6,8-9,13H,3,7,10H2,1-2H3. The summed E-state index contributed by atoms with van der Waals surface area (Å²) in [6, 6.07) is 9.67. The van der Waals surface area contributed by atoms with Crippen LogP contribution in [0.4, 0.5) is 0 Å². The highest BCUT2D eigenvalue weighted by molar-refractivity contribution is 6.67. The van der Waals surface area contributed by atoms with Crippen LogP contribution in [0.5, 0.6) is 0 Å². The number of ether oxygens (including phenoxy) is 1. The molecule has 0 aliphatic carbocycles. The van der Waals surface area contributed by atoms with Gasteiger partial charge in [-0.2, -0.15) is 0 Å². The van der Waals surface area contributed by atoms with Gasteiger partial charge in [-0.1, -0.05) is 66.9 Å². The number of carbonyl (C=O) groups excluding carboxylic acids is 2. The fourth-order valence-electron chi connectivity index (χ4n) is 1.77. The SMILES string of the molecule is CCCC(Cc1ccccc1)OC(=O)C(Cl)(Cl)C(C)=O. The van der Waals surface area contributed by atoms with Gasteiger partial charge >= 0.3 is 5.97 Å². The van der Waals surface area contributed by atoms with Gasteiger partial charge in [0.05, 0.1) is 0 Å². The molecular weight excluding hydrogens is 299 g/mol. The van der Waals surface area contributed by atoms with Gasteiger partial charge in [-0.15, -0.1) is 0 Å². The summed E-state index contributed by atoms with van der Waals surface area (Å²) in [4.78, 5) is 23.1. The molecule has 1 rings (SSSR count). The van der Waals surface area contributed by atoms with Crippen molar-refractivity contribution in [1.29, 1.82) is 0 Å². The van der Waals surface area contributed by atoms with Crippen LogP contribution in [0.15, 0.2) is 30.3 Å². The van der Waals surface area contributed by atoms with Crippen LogP contribution >= 0.6 is 23.2 Å². The number of Topliss-reactive ketones (excluding diaryl/α,β-unsaturated/α-hetero) is 1. The number of hydrogen-bond acceptors (Lipinski definition) is 3. The van der Waals surface area contributed by atoms with E-state index in [1.165, 1.54) is 0 Å². The maximum Gasteiger partial charge on any atom is 0.350 e. The molecule has 1 aromatic rings. The highest BCUT2D eigenvalue weighted by Gasteiger charge is 2.42. The molecule has 110 valence electrons. The Hall–Kier alpha value is -1.06. The van der Waals surface area contributed by atoms with Gasteiger partial charge in [0, 0.05) is 6.42 Å². The van der Waals surface area contributed by atoms with Gasteiger partial charge in [-0.05, 0) is 18.9 Å². The van der Waals surface area contributed by atoms with E-state index in [0.717, 1.165) is 18.9 Å². The molecule has 0 spiro atoms. The fourth-order valence-corrected chi connectivity index (χ4v) is 1.86. The second-order valence-corrected chi connectivity index (χ2v) is 5.96. The van der Waals surface area contributed by atoms with E-state index in [9.17, 15) is 9.59 Å². The number of benzene rings is 1. The summed E-state index contributed by atoms with van der Waals surface area (Å²) >= 11 is 11.4. The van der Waals surface area contributed by atoms with E-state index in [2.05, 4.69) is 0 Å². The van der Waals surface area contributed by atoms with Crippen LogP contribution in [0, 0.1) is 0 Å². The van der Waals surface area contributed by atoms with Crippen molar-refractivity contribution in [3.63, 3.8) is 0 Å². The molecule has 0 aliphatic heterocycles. The van der Waals surface area contributed by atoms with E-state index in [-0.39, 0.29) is 6.10 Å². The van der Waals surface area contributed by atoms with Crippen molar-refractivity contribution >= 4 is 35.0 Å². The van der Waals surface area contributed by atoms with Crippen LogP contribution in [-0.2, 0) is 20.7 Å². The van der Waals surface area contributed by atoms with E-state index >= 15 is 0 Å². The minimum absolute atomic E-state index is 0.342. The summed E-state index contributed by atoms with van der Waals surface area (Å²) in [6.07, 6.45) is 1.76. The Morgan fingerprint density at radius 2 is 1.85 bits per heavy atom. The Morgan fingerprint density at radius 1 is 1.25 bits per heavy atom. The third-order valence-electron chi connectivity index (χ3n) is 2.89. The van der Waals surface area contributed by atoms with Crippen molar-refractivity contribution in [3.8, 4) is 0 Å². The molecule has 3 nitrogen and oxygen atoms in total. The number of hydrogen-bond donors (Lipinski definition) is 0. The molecule has 0 N–H and O–H groups in total. The van der Waals surface area contributed by atoms with Crippen molar-refractivity contribution in [3.05, 3.63) is 35.9 Å². The number of esters is 1. The van der Waals surface area contributed by atoms with Crippen molar-refractivity contribution in [2.45, 2.75) is 43.5 Å². The molecule has 0 bridgehead atoms. The first-order valence-electron chi connectivity index (χ1n) is 6.51. The molecule has 0 aliphatic rings. The highest BCUT2D eigenvalue weighted by Crippen LogP contribution is 2.25. The predicted octanol–water partition coefficient (Wildman–Crippen LogP) is 3.70. The number of ketones is 1. The second-order valence-electron chi connectivity index (χ2n) is 4.64. The van der Waals surface area contributed by atoms with Gasteiger partial charge in [-0.3, -0.25) is 4.79 Å². The zero-order valence-corrected chi connectivity index (χ0v) is 13.1. The number of alkyl halides is 2. The monoisotopic (exact) mass is 316 g/mol. The molecule has 1 aromatic carbocycles. The molecule has 0 fully saturated rings. The Bertz CT molecular complexity index is 457. The van der Waals surface area contributed by atoms with Gasteiger partial charge in [-0.25, -0.2) is 4.79 Å². The van der Waals surface area contributed by atoms with Crippen LogP contribution in [0.1, 0.15) is 32.3 Å². The maximum absolute atomic E-state index is 11.9. The first-order chi connectivity index (χ1) is 9.37. The third kappa shape index (κ3) is 4.80. The maximum atomic E-state index is 11.9. The first-order valence-corrected chi connectivity index (χ1v) is 7.27. The summed E-state index contributed by atoms with van der Waals surface area (Å²) in [7, 11) is 0. The smallest absolute Gasteiger partial charge is 0.350 e. The van der Waals surface area contributed by atoms with Crippen LogP contribution in [-0.4, -0.2) is 22.2 Å². The number of halogens is 2. The average molecular weight is 317 g/mol. The molecule has 0 radical (unpaired) electrons. The zero-order chi connectivity index (χ0) is 15.2. The third-order valence-corrected chi connectivity index (χ3v) is 3.73. The fraction of sp³-hybridized carbons (Fsp3) is 0.467. The lowest BCUT2D eigenvalue weighted by molar-refractivity contribution is -0.151. The Morgan fingerprint density at radius 3 is 2.35 bits per heavy atom. The van der Waals surface area contributed by atoms with Crippen LogP contribution < -0.4 is 0 Å². The topological polar surface area (TPSA) is 43.4 Å². The molecule has 0 aromatic heterocycles. The summed E-state index contributed by atoms with van der Waals surface area (Å²) in [5.41, 5.74) is 1.05. The van der Waals surface area contributed by atoms with E-state index < -0.39 is 16.1 Å². The van der Waals surface area contributed by atoms with Crippen LogP contribution in [0.3, 0.4) is 0 Å². The van der Waals surface area contributed by atoms with Gasteiger partial charge in [0.1, 0.15) is 6.10 Å². The molecule has 1 unspecified atom stereocenters. The Kier molecular flexibility index (Phi) is 6.50. The lowest BCUT2D eigenvalue weighted by Gasteiger charge is -2.21. The van der Waals surface area contributed by atoms with E-state index in [4.69, 9.17) is 27.9 Å². The molecule has 5 heteroatoms. The van der Waals surface area contributed by atoms with Crippen LogP contribution in [0.2, 0.25) is 0 Å². The summed E-state index contributed by atoms with van der Waals surface area (Å²) in [5, 5.41) is 0. The average Bonchev–Trinajstić information content (AvgIpc) is 2.39. The molecule has 0 heterocycles. The van der Waals surface area contributed by atoms with Gasteiger partial charge in [0.25, 0.3) is 4.33 Å². The van der Waals surface area contributed by atoms with Gasteiger partial charge in [0.2, 0.25) is 0 Å². The number of rotatable bonds is 7.